The van der Waals surface area contributed by atoms with E-state index >= 15 is 0 Å². The van der Waals surface area contributed by atoms with Gasteiger partial charge in [0.2, 0.25) is 5.91 Å². The van der Waals surface area contributed by atoms with Crippen LogP contribution < -0.4 is 5.32 Å². The van der Waals surface area contributed by atoms with E-state index in [0.717, 1.165) is 55.2 Å². The van der Waals surface area contributed by atoms with Crippen LogP contribution in [0.4, 0.5) is 5.69 Å². The third-order valence-electron chi connectivity index (χ3n) is 5.09. The predicted molar refractivity (Wildman–Crippen MR) is 109 cm³/mol. The number of hydrogen-bond acceptors (Lipinski definition) is 4. The van der Waals surface area contributed by atoms with Gasteiger partial charge in [-0.1, -0.05) is 12.1 Å². The monoisotopic (exact) mass is 375 g/mol. The molecule has 28 heavy (non-hydrogen) atoms. The standard InChI is InChI=1S/C22H25N5O/c1-17-6-2-9-20(24-17)16-26-12-4-7-18(15-26)22(28)25-19-8-3-10-21(14-19)27-13-5-11-23-27/h2-3,5-6,8-11,13-14,18H,4,7,12,15-16H2,1H3,(H,25,28). The molecule has 1 aromatic carbocycles. The summed E-state index contributed by atoms with van der Waals surface area (Å²) >= 11 is 0. The number of aryl methyl sites for hydroxylation is 1. The van der Waals surface area contributed by atoms with E-state index in [2.05, 4.69) is 26.4 Å². The molecule has 0 spiro atoms. The molecule has 1 atom stereocenters. The van der Waals surface area contributed by atoms with Crippen LogP contribution in [0.1, 0.15) is 24.2 Å². The van der Waals surface area contributed by atoms with E-state index in [-0.39, 0.29) is 11.8 Å². The molecule has 1 aliphatic rings. The van der Waals surface area contributed by atoms with Crippen molar-refractivity contribution in [3.63, 3.8) is 0 Å². The number of anilines is 1. The van der Waals surface area contributed by atoms with Gasteiger partial charge in [-0.05, 0) is 62.7 Å². The van der Waals surface area contributed by atoms with Gasteiger partial charge in [-0.2, -0.15) is 5.10 Å². The van der Waals surface area contributed by atoms with Crippen LogP contribution in [0.15, 0.2) is 60.9 Å². The second-order valence-corrected chi connectivity index (χ2v) is 7.33. The molecule has 6 heteroatoms. The molecule has 3 aromatic rings. The highest BCUT2D eigenvalue weighted by Crippen LogP contribution is 2.21. The number of benzene rings is 1. The first-order valence-electron chi connectivity index (χ1n) is 9.73. The van der Waals surface area contributed by atoms with Crippen molar-refractivity contribution in [2.75, 3.05) is 18.4 Å². The van der Waals surface area contributed by atoms with Crippen molar-refractivity contribution in [2.45, 2.75) is 26.3 Å². The van der Waals surface area contributed by atoms with Crippen LogP contribution in [0.2, 0.25) is 0 Å². The third kappa shape index (κ3) is 4.46. The summed E-state index contributed by atoms with van der Waals surface area (Å²) in [4.78, 5) is 19.8. The number of piperidine rings is 1. The Morgan fingerprint density at radius 2 is 2.11 bits per heavy atom. The molecule has 6 nitrogen and oxygen atoms in total. The van der Waals surface area contributed by atoms with E-state index < -0.39 is 0 Å². The zero-order valence-electron chi connectivity index (χ0n) is 16.1. The maximum Gasteiger partial charge on any atom is 0.228 e. The van der Waals surface area contributed by atoms with Gasteiger partial charge >= 0.3 is 0 Å². The van der Waals surface area contributed by atoms with Crippen molar-refractivity contribution < 1.29 is 4.79 Å². The molecule has 2 aromatic heterocycles. The van der Waals surface area contributed by atoms with Gasteiger partial charge in [0, 0.05) is 36.9 Å². The zero-order chi connectivity index (χ0) is 19.3. The van der Waals surface area contributed by atoms with Crippen molar-refractivity contribution >= 4 is 11.6 Å². The Morgan fingerprint density at radius 3 is 2.93 bits per heavy atom. The van der Waals surface area contributed by atoms with Crippen LogP contribution in [-0.4, -0.2) is 38.7 Å². The molecular formula is C22H25N5O. The van der Waals surface area contributed by atoms with Crippen LogP contribution in [0.25, 0.3) is 5.69 Å². The lowest BCUT2D eigenvalue weighted by atomic mass is 9.97. The van der Waals surface area contributed by atoms with Crippen molar-refractivity contribution in [1.29, 1.82) is 0 Å². The van der Waals surface area contributed by atoms with E-state index in [0.29, 0.717) is 0 Å². The summed E-state index contributed by atoms with van der Waals surface area (Å²) in [6.07, 6.45) is 5.57. The summed E-state index contributed by atoms with van der Waals surface area (Å²) in [5, 5.41) is 7.33. The van der Waals surface area contributed by atoms with Gasteiger partial charge in [0.15, 0.2) is 0 Å². The molecular weight excluding hydrogens is 350 g/mol. The van der Waals surface area contributed by atoms with E-state index in [1.54, 1.807) is 10.9 Å². The lowest BCUT2D eigenvalue weighted by Gasteiger charge is -2.31. The fraction of sp³-hybridized carbons (Fsp3) is 0.318. The molecule has 1 amide bonds. The van der Waals surface area contributed by atoms with Crippen LogP contribution in [0, 0.1) is 12.8 Å². The Kier molecular flexibility index (Phi) is 5.48. The number of rotatable bonds is 5. The molecule has 4 rings (SSSR count). The van der Waals surface area contributed by atoms with Crippen molar-refractivity contribution in [1.82, 2.24) is 19.7 Å². The second-order valence-electron chi connectivity index (χ2n) is 7.33. The lowest BCUT2D eigenvalue weighted by molar-refractivity contribution is -0.121. The SMILES string of the molecule is Cc1cccc(CN2CCCC(C(=O)Nc3cccc(-n4cccn4)c3)C2)n1. The number of nitrogens with one attached hydrogen (secondary N) is 1. The summed E-state index contributed by atoms with van der Waals surface area (Å²) in [6, 6.07) is 15.8. The highest BCUT2D eigenvalue weighted by Gasteiger charge is 2.26. The summed E-state index contributed by atoms with van der Waals surface area (Å²) in [5.41, 5.74) is 3.82. The smallest absolute Gasteiger partial charge is 0.228 e. The fourth-order valence-corrected chi connectivity index (χ4v) is 3.72. The largest absolute Gasteiger partial charge is 0.326 e. The van der Waals surface area contributed by atoms with Crippen LogP contribution in [0.5, 0.6) is 0 Å². The van der Waals surface area contributed by atoms with Gasteiger partial charge < -0.3 is 5.32 Å². The van der Waals surface area contributed by atoms with Gasteiger partial charge in [0.25, 0.3) is 0 Å². The average molecular weight is 375 g/mol. The maximum absolute atomic E-state index is 12.8. The Morgan fingerprint density at radius 1 is 1.21 bits per heavy atom. The van der Waals surface area contributed by atoms with E-state index in [1.807, 2.05) is 55.6 Å². The van der Waals surface area contributed by atoms with E-state index in [9.17, 15) is 4.79 Å². The minimum Gasteiger partial charge on any atom is -0.326 e. The predicted octanol–water partition coefficient (Wildman–Crippen LogP) is 3.43. The van der Waals surface area contributed by atoms with Gasteiger partial charge in [-0.3, -0.25) is 14.7 Å². The first-order chi connectivity index (χ1) is 13.7. The second kappa shape index (κ2) is 8.35. The lowest BCUT2D eigenvalue weighted by Crippen LogP contribution is -2.40. The fourth-order valence-electron chi connectivity index (χ4n) is 3.72. The molecule has 1 N–H and O–H groups in total. The number of nitrogens with zero attached hydrogens (tertiary/aromatic N) is 4. The number of aromatic nitrogens is 3. The van der Waals surface area contributed by atoms with Gasteiger partial charge in [-0.15, -0.1) is 0 Å². The quantitative estimate of drug-likeness (QED) is 0.742. The average Bonchev–Trinajstić information content (AvgIpc) is 3.23. The van der Waals surface area contributed by atoms with Crippen molar-refractivity contribution in [2.24, 2.45) is 5.92 Å². The molecule has 0 aliphatic carbocycles. The van der Waals surface area contributed by atoms with E-state index in [1.165, 1.54) is 0 Å². The maximum atomic E-state index is 12.8. The van der Waals surface area contributed by atoms with Crippen molar-refractivity contribution in [3.8, 4) is 5.69 Å². The molecule has 0 radical (unpaired) electrons. The number of likely N-dealkylation sites (tertiary alicyclic amines) is 1. The number of amides is 1. The first kappa shape index (κ1) is 18.4. The third-order valence-corrected chi connectivity index (χ3v) is 5.09. The topological polar surface area (TPSA) is 63.1 Å². The highest BCUT2D eigenvalue weighted by atomic mass is 16.1. The number of hydrogen-bond donors (Lipinski definition) is 1. The highest BCUT2D eigenvalue weighted by molar-refractivity contribution is 5.93. The molecule has 1 fully saturated rings. The van der Waals surface area contributed by atoms with Crippen LogP contribution >= 0.6 is 0 Å². The normalized spacial score (nSPS) is 17.4. The zero-order valence-corrected chi connectivity index (χ0v) is 16.1. The number of carbonyl (C=O) groups is 1. The molecule has 144 valence electrons. The number of carbonyl (C=O) groups excluding carboxylic acids is 1. The van der Waals surface area contributed by atoms with Gasteiger partial charge in [0.1, 0.15) is 0 Å². The Bertz CT molecular complexity index is 938. The molecule has 3 heterocycles. The minimum absolute atomic E-state index is 0.00748. The van der Waals surface area contributed by atoms with Crippen LogP contribution in [-0.2, 0) is 11.3 Å². The summed E-state index contributed by atoms with van der Waals surface area (Å²) in [6.45, 7) is 4.57. The van der Waals surface area contributed by atoms with Crippen molar-refractivity contribution in [3.05, 3.63) is 72.3 Å². The Balaban J connectivity index is 1.39. The van der Waals surface area contributed by atoms with Gasteiger partial charge in [-0.25, -0.2) is 4.68 Å². The summed E-state index contributed by atoms with van der Waals surface area (Å²) in [7, 11) is 0. The minimum atomic E-state index is -0.00748. The Hall–Kier alpha value is -2.99. The molecule has 0 saturated carbocycles. The molecule has 1 saturated heterocycles. The van der Waals surface area contributed by atoms with Crippen LogP contribution in [0.3, 0.4) is 0 Å². The van der Waals surface area contributed by atoms with Gasteiger partial charge in [0.05, 0.1) is 17.3 Å². The summed E-state index contributed by atoms with van der Waals surface area (Å²) < 4.78 is 1.78. The van der Waals surface area contributed by atoms with E-state index in [4.69, 9.17) is 0 Å². The Labute approximate surface area is 165 Å². The number of pyridine rings is 1. The molecule has 1 unspecified atom stereocenters. The molecule has 0 bridgehead atoms. The summed E-state index contributed by atoms with van der Waals surface area (Å²) in [5.74, 6) is 0.0754. The first-order valence-corrected chi connectivity index (χ1v) is 9.73. The molecule has 1 aliphatic heterocycles.